The Bertz CT molecular complexity index is 569. The zero-order valence-corrected chi connectivity index (χ0v) is 14.7. The van der Waals surface area contributed by atoms with Crippen LogP contribution in [0.5, 0.6) is 5.75 Å². The van der Waals surface area contributed by atoms with Gasteiger partial charge in [0, 0.05) is 12.6 Å². The lowest BCUT2D eigenvalue weighted by Gasteiger charge is -2.19. The second kappa shape index (κ2) is 6.55. The van der Waals surface area contributed by atoms with Crippen molar-refractivity contribution >= 4 is 29.3 Å². The maximum absolute atomic E-state index is 11.7. The Labute approximate surface area is 141 Å². The Hall–Kier alpha value is -1.13. The molecule has 1 aliphatic rings. The van der Waals surface area contributed by atoms with E-state index in [1.165, 1.54) is 0 Å². The second-order valence-corrected chi connectivity index (χ2v) is 7.31. The van der Waals surface area contributed by atoms with E-state index in [0.29, 0.717) is 28.4 Å². The molecule has 0 saturated heterocycles. The van der Waals surface area contributed by atoms with Gasteiger partial charge in [-0.25, -0.2) is 4.79 Å². The molecule has 1 aromatic rings. The standard InChI is InChI=1S/C16H21Cl2NO3/c1-16(2,3)22-15(20)19-8-9-5-10(9)11-6-12(17)13(18)7-14(11)21-4/h6-7,9-10H,5,8H2,1-4H3,(H,19,20). The monoisotopic (exact) mass is 345 g/mol. The van der Waals surface area contributed by atoms with E-state index in [2.05, 4.69) is 5.32 Å². The Kier molecular flexibility index (Phi) is 5.13. The third kappa shape index (κ3) is 4.43. The number of alkyl carbamates (subject to hydrolysis) is 1. The first-order valence-corrected chi connectivity index (χ1v) is 7.96. The van der Waals surface area contributed by atoms with Gasteiger partial charge < -0.3 is 14.8 Å². The number of benzene rings is 1. The number of carbonyl (C=O) groups is 1. The normalized spacial score (nSPS) is 20.5. The fraction of sp³-hybridized carbons (Fsp3) is 0.562. The van der Waals surface area contributed by atoms with Gasteiger partial charge in [0.15, 0.2) is 0 Å². The van der Waals surface area contributed by atoms with Gasteiger partial charge in [0.25, 0.3) is 0 Å². The molecule has 4 nitrogen and oxygen atoms in total. The van der Waals surface area contributed by atoms with Crippen LogP contribution in [0.4, 0.5) is 4.79 Å². The van der Waals surface area contributed by atoms with Gasteiger partial charge in [-0.1, -0.05) is 23.2 Å². The number of halogens is 2. The minimum Gasteiger partial charge on any atom is -0.496 e. The van der Waals surface area contributed by atoms with E-state index in [9.17, 15) is 4.79 Å². The molecule has 0 aromatic heterocycles. The molecule has 2 atom stereocenters. The fourth-order valence-corrected chi connectivity index (χ4v) is 2.72. The molecule has 22 heavy (non-hydrogen) atoms. The number of hydrogen-bond donors (Lipinski definition) is 1. The van der Waals surface area contributed by atoms with Crippen LogP contribution in [-0.2, 0) is 4.74 Å². The molecule has 1 aromatic carbocycles. The van der Waals surface area contributed by atoms with Crippen molar-refractivity contribution in [3.63, 3.8) is 0 Å². The molecule has 0 spiro atoms. The summed E-state index contributed by atoms with van der Waals surface area (Å²) < 4.78 is 10.6. The average Bonchev–Trinajstić information content (AvgIpc) is 3.16. The zero-order valence-electron chi connectivity index (χ0n) is 13.2. The maximum Gasteiger partial charge on any atom is 0.407 e. The van der Waals surface area contributed by atoms with Crippen molar-refractivity contribution in [2.45, 2.75) is 38.7 Å². The van der Waals surface area contributed by atoms with Gasteiger partial charge in [0.2, 0.25) is 0 Å². The van der Waals surface area contributed by atoms with Gasteiger partial charge in [0.05, 0.1) is 17.2 Å². The molecule has 1 N–H and O–H groups in total. The van der Waals surface area contributed by atoms with E-state index in [-0.39, 0.29) is 6.09 Å². The van der Waals surface area contributed by atoms with Crippen LogP contribution in [0.15, 0.2) is 12.1 Å². The van der Waals surface area contributed by atoms with Crippen molar-refractivity contribution < 1.29 is 14.3 Å². The average molecular weight is 346 g/mol. The summed E-state index contributed by atoms with van der Waals surface area (Å²) in [4.78, 5) is 11.7. The molecule has 0 heterocycles. The first kappa shape index (κ1) is 17.2. The highest BCUT2D eigenvalue weighted by atomic mass is 35.5. The molecule has 2 rings (SSSR count). The number of amides is 1. The minimum atomic E-state index is -0.486. The van der Waals surface area contributed by atoms with E-state index in [1.807, 2.05) is 26.8 Å². The lowest BCUT2D eigenvalue weighted by molar-refractivity contribution is 0.0525. The number of methoxy groups -OCH3 is 1. The summed E-state index contributed by atoms with van der Waals surface area (Å²) >= 11 is 12.1. The molecule has 0 aliphatic heterocycles. The van der Waals surface area contributed by atoms with E-state index < -0.39 is 5.60 Å². The van der Waals surface area contributed by atoms with Crippen molar-refractivity contribution in [1.29, 1.82) is 0 Å². The number of nitrogens with one attached hydrogen (secondary N) is 1. The van der Waals surface area contributed by atoms with Gasteiger partial charge >= 0.3 is 6.09 Å². The number of hydrogen-bond acceptors (Lipinski definition) is 3. The quantitative estimate of drug-likeness (QED) is 0.865. The van der Waals surface area contributed by atoms with E-state index in [4.69, 9.17) is 32.7 Å². The van der Waals surface area contributed by atoms with Gasteiger partial charge in [-0.3, -0.25) is 0 Å². The van der Waals surface area contributed by atoms with E-state index in [0.717, 1.165) is 17.7 Å². The van der Waals surface area contributed by atoms with Gasteiger partial charge in [-0.05, 0) is 50.7 Å². The van der Waals surface area contributed by atoms with Crippen LogP contribution < -0.4 is 10.1 Å². The molecule has 1 amide bonds. The number of rotatable bonds is 4. The largest absolute Gasteiger partial charge is 0.496 e. The highest BCUT2D eigenvalue weighted by molar-refractivity contribution is 6.42. The van der Waals surface area contributed by atoms with Gasteiger partial charge in [-0.2, -0.15) is 0 Å². The third-order valence-electron chi connectivity index (χ3n) is 3.50. The number of carbonyl (C=O) groups excluding carboxylic acids is 1. The summed E-state index contributed by atoms with van der Waals surface area (Å²) in [6.07, 6.45) is 0.587. The van der Waals surface area contributed by atoms with Crippen molar-refractivity contribution in [3.8, 4) is 5.75 Å². The van der Waals surface area contributed by atoms with Crippen LogP contribution in [0.1, 0.15) is 38.7 Å². The highest BCUT2D eigenvalue weighted by Crippen LogP contribution is 2.51. The Morgan fingerprint density at radius 3 is 2.55 bits per heavy atom. The summed E-state index contributed by atoms with van der Waals surface area (Å²) in [6, 6.07) is 3.58. The van der Waals surface area contributed by atoms with Crippen LogP contribution in [-0.4, -0.2) is 25.3 Å². The van der Waals surface area contributed by atoms with E-state index >= 15 is 0 Å². The smallest absolute Gasteiger partial charge is 0.407 e. The molecule has 6 heteroatoms. The predicted octanol–water partition coefficient (Wildman–Crippen LogP) is 4.63. The van der Waals surface area contributed by atoms with E-state index in [1.54, 1.807) is 13.2 Å². The molecule has 122 valence electrons. The molecule has 0 bridgehead atoms. The SMILES string of the molecule is COc1cc(Cl)c(Cl)cc1C1CC1CNC(=O)OC(C)(C)C. The first-order chi connectivity index (χ1) is 10.2. The lowest BCUT2D eigenvalue weighted by atomic mass is 10.1. The number of ether oxygens (including phenoxy) is 2. The summed E-state index contributed by atoms with van der Waals surface area (Å²) in [7, 11) is 1.61. The molecule has 0 radical (unpaired) electrons. The minimum absolute atomic E-state index is 0.319. The summed E-state index contributed by atoms with van der Waals surface area (Å²) in [5.74, 6) is 1.41. The van der Waals surface area contributed by atoms with Crippen molar-refractivity contribution in [1.82, 2.24) is 5.32 Å². The van der Waals surface area contributed by atoms with Crippen LogP contribution in [0.25, 0.3) is 0 Å². The summed E-state index contributed by atoms with van der Waals surface area (Å²) in [6.45, 7) is 6.09. The molecular weight excluding hydrogens is 325 g/mol. The zero-order chi connectivity index (χ0) is 16.5. The van der Waals surface area contributed by atoms with Crippen molar-refractivity contribution in [3.05, 3.63) is 27.7 Å². The molecular formula is C16H21Cl2NO3. The van der Waals surface area contributed by atoms with Crippen molar-refractivity contribution in [2.75, 3.05) is 13.7 Å². The molecule has 1 saturated carbocycles. The molecule has 1 aliphatic carbocycles. The summed E-state index contributed by atoms with van der Waals surface area (Å²) in [5.41, 5.74) is 0.549. The first-order valence-electron chi connectivity index (χ1n) is 7.21. The predicted molar refractivity (Wildman–Crippen MR) is 88.1 cm³/mol. The molecule has 1 fully saturated rings. The van der Waals surface area contributed by atoms with Crippen LogP contribution in [0.2, 0.25) is 10.0 Å². The summed E-state index contributed by atoms with van der Waals surface area (Å²) in [5, 5.41) is 3.80. The maximum atomic E-state index is 11.7. The Morgan fingerprint density at radius 1 is 1.32 bits per heavy atom. The van der Waals surface area contributed by atoms with Crippen LogP contribution in [0, 0.1) is 5.92 Å². The highest BCUT2D eigenvalue weighted by Gasteiger charge is 2.40. The lowest BCUT2D eigenvalue weighted by Crippen LogP contribution is -2.33. The van der Waals surface area contributed by atoms with Gasteiger partial charge in [-0.15, -0.1) is 0 Å². The Morgan fingerprint density at radius 2 is 1.95 bits per heavy atom. The third-order valence-corrected chi connectivity index (χ3v) is 4.22. The van der Waals surface area contributed by atoms with Crippen molar-refractivity contribution in [2.24, 2.45) is 5.92 Å². The van der Waals surface area contributed by atoms with Crippen LogP contribution in [0.3, 0.4) is 0 Å². The van der Waals surface area contributed by atoms with Gasteiger partial charge in [0.1, 0.15) is 11.4 Å². The van der Waals surface area contributed by atoms with Crippen LogP contribution >= 0.6 is 23.2 Å². The second-order valence-electron chi connectivity index (χ2n) is 6.49. The fourth-order valence-electron chi connectivity index (χ4n) is 2.39. The topological polar surface area (TPSA) is 47.6 Å². The molecule has 2 unspecified atom stereocenters. The Balaban J connectivity index is 1.93.